The molecule has 3 N–H and O–H groups in total. The molecule has 0 heterocycles. The van der Waals surface area contributed by atoms with Crippen molar-refractivity contribution < 1.29 is 5.11 Å². The van der Waals surface area contributed by atoms with E-state index >= 15 is 0 Å². The molecule has 0 amide bonds. The van der Waals surface area contributed by atoms with E-state index in [2.05, 4.69) is 10.2 Å². The van der Waals surface area contributed by atoms with Gasteiger partial charge in [-0.1, -0.05) is 30.3 Å². The van der Waals surface area contributed by atoms with Gasteiger partial charge in [-0.3, -0.25) is 0 Å². The zero-order valence-electron chi connectivity index (χ0n) is 10.1. The highest BCUT2D eigenvalue weighted by Gasteiger charge is 2.08. The first kappa shape index (κ1) is 12.3. The van der Waals surface area contributed by atoms with Gasteiger partial charge in [0.2, 0.25) is 0 Å². The number of aliphatic hydroxyl groups excluding tert-OH is 1. The van der Waals surface area contributed by atoms with Gasteiger partial charge < -0.3 is 10.8 Å². The third kappa shape index (κ3) is 2.73. The Bertz CT molecular complexity index is 550. The fraction of sp³-hybridized carbons (Fsp3) is 0.143. The van der Waals surface area contributed by atoms with E-state index in [9.17, 15) is 5.11 Å². The first-order valence-electron chi connectivity index (χ1n) is 5.71. The minimum Gasteiger partial charge on any atom is -0.397 e. The van der Waals surface area contributed by atoms with E-state index in [0.29, 0.717) is 16.9 Å². The van der Waals surface area contributed by atoms with Gasteiger partial charge in [-0.05, 0) is 25.1 Å². The van der Waals surface area contributed by atoms with Crippen molar-refractivity contribution in [3.63, 3.8) is 0 Å². The Morgan fingerprint density at radius 2 is 1.72 bits per heavy atom. The molecule has 0 fully saturated rings. The second-order valence-corrected chi connectivity index (χ2v) is 3.99. The van der Waals surface area contributed by atoms with E-state index in [0.717, 1.165) is 5.69 Å². The number of nitrogen functional groups attached to an aromatic ring is 1. The molecule has 1 unspecified atom stereocenters. The maximum atomic E-state index is 9.56. The Labute approximate surface area is 106 Å². The van der Waals surface area contributed by atoms with Crippen molar-refractivity contribution in [1.82, 2.24) is 0 Å². The fourth-order valence-corrected chi connectivity index (χ4v) is 1.63. The van der Waals surface area contributed by atoms with Crippen LogP contribution in [0.25, 0.3) is 0 Å². The standard InChI is InChI=1S/C14H15N3O/c1-10(18)12-8-5-9-13(14(12)15)17-16-11-6-3-2-4-7-11/h2-10,18H,15H2,1H3. The third-order valence-corrected chi connectivity index (χ3v) is 2.60. The van der Waals surface area contributed by atoms with Crippen LogP contribution in [0.4, 0.5) is 17.1 Å². The number of nitrogens with zero attached hydrogens (tertiary/aromatic N) is 2. The second-order valence-electron chi connectivity index (χ2n) is 3.99. The predicted molar refractivity (Wildman–Crippen MR) is 72.1 cm³/mol. The van der Waals surface area contributed by atoms with Crippen LogP contribution < -0.4 is 5.73 Å². The van der Waals surface area contributed by atoms with Crippen molar-refractivity contribution in [3.05, 3.63) is 54.1 Å². The summed E-state index contributed by atoms with van der Waals surface area (Å²) in [6.45, 7) is 1.67. The van der Waals surface area contributed by atoms with Crippen LogP contribution in [0.3, 0.4) is 0 Å². The molecule has 0 bridgehead atoms. The van der Waals surface area contributed by atoms with Crippen molar-refractivity contribution in [1.29, 1.82) is 0 Å². The molecule has 0 aliphatic carbocycles. The largest absolute Gasteiger partial charge is 0.397 e. The smallest absolute Gasteiger partial charge is 0.109 e. The summed E-state index contributed by atoms with van der Waals surface area (Å²) in [4.78, 5) is 0. The number of benzene rings is 2. The molecule has 0 aliphatic heterocycles. The number of hydrogen-bond donors (Lipinski definition) is 2. The van der Waals surface area contributed by atoms with E-state index < -0.39 is 6.10 Å². The van der Waals surface area contributed by atoms with Gasteiger partial charge in [-0.2, -0.15) is 5.11 Å². The molecule has 2 rings (SSSR count). The van der Waals surface area contributed by atoms with E-state index in [1.807, 2.05) is 30.3 Å². The third-order valence-electron chi connectivity index (χ3n) is 2.60. The Hall–Kier alpha value is -2.20. The molecule has 0 aromatic heterocycles. The highest BCUT2D eigenvalue weighted by molar-refractivity contribution is 5.67. The molecule has 0 aliphatic rings. The summed E-state index contributed by atoms with van der Waals surface area (Å²) >= 11 is 0. The molecule has 0 spiro atoms. The lowest BCUT2D eigenvalue weighted by molar-refractivity contribution is 0.200. The first-order chi connectivity index (χ1) is 8.68. The average molecular weight is 241 g/mol. The summed E-state index contributed by atoms with van der Waals surface area (Å²) in [7, 11) is 0. The summed E-state index contributed by atoms with van der Waals surface area (Å²) in [6.07, 6.45) is -0.614. The number of hydrogen-bond acceptors (Lipinski definition) is 4. The molecular weight excluding hydrogens is 226 g/mol. The molecule has 92 valence electrons. The van der Waals surface area contributed by atoms with Crippen LogP contribution in [0.15, 0.2) is 58.8 Å². The molecule has 2 aromatic rings. The van der Waals surface area contributed by atoms with Crippen molar-refractivity contribution in [2.75, 3.05) is 5.73 Å². The zero-order chi connectivity index (χ0) is 13.0. The van der Waals surface area contributed by atoms with E-state index in [4.69, 9.17) is 5.73 Å². The number of anilines is 1. The zero-order valence-corrected chi connectivity index (χ0v) is 10.1. The number of nitrogens with two attached hydrogens (primary N) is 1. The van der Waals surface area contributed by atoms with Crippen molar-refractivity contribution in [2.24, 2.45) is 10.2 Å². The van der Waals surface area contributed by atoms with Crippen LogP contribution in [0, 0.1) is 0 Å². The molecule has 4 heteroatoms. The molecule has 0 radical (unpaired) electrons. The van der Waals surface area contributed by atoms with Crippen LogP contribution in [-0.4, -0.2) is 5.11 Å². The van der Waals surface area contributed by atoms with E-state index in [1.54, 1.807) is 25.1 Å². The molecule has 0 saturated heterocycles. The molecule has 0 saturated carbocycles. The van der Waals surface area contributed by atoms with Gasteiger partial charge in [0.1, 0.15) is 5.69 Å². The Morgan fingerprint density at radius 1 is 1.00 bits per heavy atom. The van der Waals surface area contributed by atoms with Gasteiger partial charge in [0.15, 0.2) is 0 Å². The molecule has 1 atom stereocenters. The summed E-state index contributed by atoms with van der Waals surface area (Å²) in [5.74, 6) is 0. The van der Waals surface area contributed by atoms with Crippen LogP contribution >= 0.6 is 0 Å². The van der Waals surface area contributed by atoms with E-state index in [1.165, 1.54) is 0 Å². The lowest BCUT2D eigenvalue weighted by Gasteiger charge is -2.09. The predicted octanol–water partition coefficient (Wildman–Crippen LogP) is 3.74. The topological polar surface area (TPSA) is 71.0 Å². The van der Waals surface area contributed by atoms with Gasteiger partial charge in [-0.25, -0.2) is 0 Å². The van der Waals surface area contributed by atoms with Crippen LogP contribution in [0.5, 0.6) is 0 Å². The summed E-state index contributed by atoms with van der Waals surface area (Å²) in [5, 5.41) is 17.8. The Kier molecular flexibility index (Phi) is 3.69. The molecule has 4 nitrogen and oxygen atoms in total. The second kappa shape index (κ2) is 5.42. The Balaban J connectivity index is 2.30. The van der Waals surface area contributed by atoms with Crippen molar-refractivity contribution in [3.8, 4) is 0 Å². The summed E-state index contributed by atoms with van der Waals surface area (Å²) in [6, 6.07) is 14.8. The summed E-state index contributed by atoms with van der Waals surface area (Å²) < 4.78 is 0. The van der Waals surface area contributed by atoms with Crippen LogP contribution in [0.1, 0.15) is 18.6 Å². The highest BCUT2D eigenvalue weighted by Crippen LogP contribution is 2.30. The normalized spacial score (nSPS) is 12.8. The van der Waals surface area contributed by atoms with Crippen molar-refractivity contribution >= 4 is 17.1 Å². The molecule has 2 aromatic carbocycles. The van der Waals surface area contributed by atoms with Gasteiger partial charge in [-0.15, -0.1) is 5.11 Å². The number of azo groups is 1. The maximum absolute atomic E-state index is 9.56. The lowest BCUT2D eigenvalue weighted by Crippen LogP contribution is -1.98. The number of aliphatic hydroxyl groups is 1. The first-order valence-corrected chi connectivity index (χ1v) is 5.71. The quantitative estimate of drug-likeness (QED) is 0.634. The summed E-state index contributed by atoms with van der Waals surface area (Å²) in [5.41, 5.74) is 8.40. The number of rotatable bonds is 3. The molecule has 18 heavy (non-hydrogen) atoms. The molecular formula is C14H15N3O. The highest BCUT2D eigenvalue weighted by atomic mass is 16.3. The SMILES string of the molecule is CC(O)c1cccc(N=Nc2ccccc2)c1N. The number of para-hydroxylation sites is 1. The van der Waals surface area contributed by atoms with Gasteiger partial charge in [0, 0.05) is 5.56 Å². The monoisotopic (exact) mass is 241 g/mol. The van der Waals surface area contributed by atoms with Gasteiger partial charge >= 0.3 is 0 Å². The van der Waals surface area contributed by atoms with Crippen molar-refractivity contribution in [2.45, 2.75) is 13.0 Å². The van der Waals surface area contributed by atoms with Gasteiger partial charge in [0.05, 0.1) is 17.5 Å². The lowest BCUT2D eigenvalue weighted by atomic mass is 10.1. The minimum absolute atomic E-state index is 0.465. The van der Waals surface area contributed by atoms with Crippen LogP contribution in [0.2, 0.25) is 0 Å². The maximum Gasteiger partial charge on any atom is 0.109 e. The Morgan fingerprint density at radius 3 is 2.39 bits per heavy atom. The van der Waals surface area contributed by atoms with E-state index in [-0.39, 0.29) is 0 Å². The van der Waals surface area contributed by atoms with Gasteiger partial charge in [0.25, 0.3) is 0 Å². The minimum atomic E-state index is -0.614. The van der Waals surface area contributed by atoms with Crippen LogP contribution in [-0.2, 0) is 0 Å². The fourth-order valence-electron chi connectivity index (χ4n) is 1.63. The average Bonchev–Trinajstić information content (AvgIpc) is 2.38.